The Morgan fingerprint density at radius 2 is 1.48 bits per heavy atom. The molecule has 1 heterocycles. The van der Waals surface area contributed by atoms with Crippen molar-refractivity contribution in [1.82, 2.24) is 4.72 Å². The van der Waals surface area contributed by atoms with Gasteiger partial charge < -0.3 is 0 Å². The van der Waals surface area contributed by atoms with Crippen LogP contribution in [0.4, 0.5) is 5.69 Å². The summed E-state index contributed by atoms with van der Waals surface area (Å²) in [4.78, 5) is 39.4. The molecule has 0 unspecified atom stereocenters. The summed E-state index contributed by atoms with van der Waals surface area (Å²) in [6.45, 7) is 1.85. The van der Waals surface area contributed by atoms with Crippen LogP contribution in [0.2, 0.25) is 0 Å². The van der Waals surface area contributed by atoms with Gasteiger partial charge in [-0.1, -0.05) is 55.8 Å². The Hall–Kier alpha value is -3.78. The number of imide groups is 1. The number of unbranched alkanes of at least 4 members (excludes halogenated alkanes) is 1. The summed E-state index contributed by atoms with van der Waals surface area (Å²) in [5.41, 5.74) is 2.59. The highest BCUT2D eigenvalue weighted by atomic mass is 32.2. The molecule has 0 saturated heterocycles. The van der Waals surface area contributed by atoms with Gasteiger partial charge in [0, 0.05) is 5.56 Å². The monoisotopic (exact) mass is 462 g/mol. The highest BCUT2D eigenvalue weighted by Crippen LogP contribution is 2.31. The summed E-state index contributed by atoms with van der Waals surface area (Å²) >= 11 is 0. The third-order valence-electron chi connectivity index (χ3n) is 5.40. The van der Waals surface area contributed by atoms with E-state index in [0.29, 0.717) is 18.5 Å². The summed E-state index contributed by atoms with van der Waals surface area (Å²) in [7, 11) is -3.77. The second-order valence-corrected chi connectivity index (χ2v) is 9.56. The molecular weight excluding hydrogens is 440 g/mol. The van der Waals surface area contributed by atoms with Gasteiger partial charge in [0.2, 0.25) is 10.0 Å². The fraction of sp³-hybridized carbons (Fsp3) is 0.160. The second kappa shape index (κ2) is 8.99. The van der Waals surface area contributed by atoms with Crippen molar-refractivity contribution < 1.29 is 22.8 Å². The predicted molar refractivity (Wildman–Crippen MR) is 126 cm³/mol. The SMILES string of the molecule is CCCCS(=O)(=O)NC(=O)c1ccc2c(c1)C(=O)N(c1ccc(-c3ccccc3)cc1)C2=O. The Balaban J connectivity index is 1.57. The number of fused-ring (bicyclic) bond motifs is 1. The van der Waals surface area contributed by atoms with Gasteiger partial charge in [-0.05, 0) is 47.9 Å². The first-order chi connectivity index (χ1) is 15.8. The van der Waals surface area contributed by atoms with Gasteiger partial charge in [-0.3, -0.25) is 14.4 Å². The summed E-state index contributed by atoms with van der Waals surface area (Å²) in [6.07, 6.45) is 1.10. The zero-order chi connectivity index (χ0) is 23.6. The molecule has 0 fully saturated rings. The van der Waals surface area contributed by atoms with Gasteiger partial charge in [0.1, 0.15) is 0 Å². The van der Waals surface area contributed by atoms with Crippen molar-refractivity contribution in [3.63, 3.8) is 0 Å². The summed E-state index contributed by atoms with van der Waals surface area (Å²) < 4.78 is 26.1. The lowest BCUT2D eigenvalue weighted by Gasteiger charge is -2.14. The number of amides is 3. The van der Waals surface area contributed by atoms with Crippen molar-refractivity contribution in [3.8, 4) is 11.1 Å². The van der Waals surface area contributed by atoms with Gasteiger partial charge >= 0.3 is 0 Å². The van der Waals surface area contributed by atoms with Crippen molar-refractivity contribution in [3.05, 3.63) is 89.5 Å². The average molecular weight is 463 g/mol. The lowest BCUT2D eigenvalue weighted by molar-refractivity contribution is 0.0924. The number of hydrogen-bond donors (Lipinski definition) is 1. The quantitative estimate of drug-likeness (QED) is 0.535. The van der Waals surface area contributed by atoms with Crippen LogP contribution in [0.3, 0.4) is 0 Å². The van der Waals surface area contributed by atoms with Crippen LogP contribution in [0.5, 0.6) is 0 Å². The van der Waals surface area contributed by atoms with Gasteiger partial charge in [0.15, 0.2) is 0 Å². The smallest absolute Gasteiger partial charge is 0.266 e. The minimum absolute atomic E-state index is 0.00347. The number of benzene rings is 3. The van der Waals surface area contributed by atoms with Gasteiger partial charge in [-0.25, -0.2) is 18.0 Å². The molecule has 8 heteroatoms. The van der Waals surface area contributed by atoms with Crippen LogP contribution in [0, 0.1) is 0 Å². The summed E-state index contributed by atoms with van der Waals surface area (Å²) in [6, 6.07) is 20.7. The normalized spacial score (nSPS) is 13.2. The molecule has 0 bridgehead atoms. The van der Waals surface area contributed by atoms with Gasteiger partial charge in [-0.2, -0.15) is 0 Å². The zero-order valence-corrected chi connectivity index (χ0v) is 18.8. The molecule has 7 nitrogen and oxygen atoms in total. The maximum absolute atomic E-state index is 13.0. The lowest BCUT2D eigenvalue weighted by atomic mass is 10.1. The standard InChI is InChI=1S/C25H22N2O5S/c1-2-3-15-33(31,32)26-23(28)19-11-14-21-22(16-19)25(30)27(24(21)29)20-12-9-18(10-13-20)17-7-5-4-6-8-17/h4-14,16H,2-3,15H2,1H3,(H,26,28). The first kappa shape index (κ1) is 22.4. The maximum atomic E-state index is 13.0. The average Bonchev–Trinajstić information content (AvgIpc) is 3.07. The van der Waals surface area contributed by atoms with E-state index < -0.39 is 27.7 Å². The molecule has 33 heavy (non-hydrogen) atoms. The van der Waals surface area contributed by atoms with E-state index in [1.165, 1.54) is 18.2 Å². The number of carbonyl (C=O) groups excluding carboxylic acids is 3. The zero-order valence-electron chi connectivity index (χ0n) is 17.9. The van der Waals surface area contributed by atoms with Crippen LogP contribution >= 0.6 is 0 Å². The number of sulfonamides is 1. The van der Waals surface area contributed by atoms with Crippen molar-refractivity contribution in [1.29, 1.82) is 0 Å². The molecule has 1 aliphatic rings. The molecule has 0 aliphatic carbocycles. The van der Waals surface area contributed by atoms with Crippen LogP contribution in [-0.2, 0) is 10.0 Å². The van der Waals surface area contributed by atoms with Gasteiger partial charge in [0.05, 0.1) is 22.6 Å². The number of nitrogens with one attached hydrogen (secondary N) is 1. The first-order valence-electron chi connectivity index (χ1n) is 10.5. The lowest BCUT2D eigenvalue weighted by Crippen LogP contribution is -2.32. The Morgan fingerprint density at radius 3 is 2.15 bits per heavy atom. The molecule has 168 valence electrons. The van der Waals surface area contributed by atoms with Crippen LogP contribution in [0.25, 0.3) is 11.1 Å². The Bertz CT molecular complexity index is 1330. The Labute approximate surface area is 192 Å². The molecule has 1 N–H and O–H groups in total. The van der Waals surface area contributed by atoms with E-state index >= 15 is 0 Å². The van der Waals surface area contributed by atoms with Crippen molar-refractivity contribution >= 4 is 33.4 Å². The molecule has 1 aliphatic heterocycles. The van der Waals surface area contributed by atoms with E-state index in [-0.39, 0.29) is 22.4 Å². The van der Waals surface area contributed by atoms with E-state index in [9.17, 15) is 22.8 Å². The topological polar surface area (TPSA) is 101 Å². The maximum Gasteiger partial charge on any atom is 0.266 e. The molecule has 0 saturated carbocycles. The molecule has 0 atom stereocenters. The molecule has 3 aromatic rings. The molecular formula is C25H22N2O5S. The largest absolute Gasteiger partial charge is 0.268 e. The van der Waals surface area contributed by atoms with E-state index in [2.05, 4.69) is 0 Å². The van der Waals surface area contributed by atoms with Crippen LogP contribution in [0.15, 0.2) is 72.8 Å². The fourth-order valence-electron chi connectivity index (χ4n) is 3.64. The van der Waals surface area contributed by atoms with Gasteiger partial charge in [-0.15, -0.1) is 0 Å². The molecule has 0 aromatic heterocycles. The molecule has 4 rings (SSSR count). The Morgan fingerprint density at radius 1 is 0.848 bits per heavy atom. The van der Waals surface area contributed by atoms with E-state index in [1.54, 1.807) is 12.1 Å². The number of rotatable bonds is 7. The Kier molecular flexibility index (Phi) is 6.11. The highest BCUT2D eigenvalue weighted by molar-refractivity contribution is 7.90. The highest BCUT2D eigenvalue weighted by Gasteiger charge is 2.37. The first-order valence-corrected chi connectivity index (χ1v) is 12.2. The van der Waals surface area contributed by atoms with E-state index in [0.717, 1.165) is 16.0 Å². The fourth-order valence-corrected chi connectivity index (χ4v) is 4.81. The van der Waals surface area contributed by atoms with E-state index in [1.807, 2.05) is 54.1 Å². The van der Waals surface area contributed by atoms with Crippen LogP contribution in [-0.4, -0.2) is 31.9 Å². The van der Waals surface area contributed by atoms with Gasteiger partial charge in [0.25, 0.3) is 17.7 Å². The minimum Gasteiger partial charge on any atom is -0.268 e. The van der Waals surface area contributed by atoms with Crippen LogP contribution in [0.1, 0.15) is 50.8 Å². The van der Waals surface area contributed by atoms with Crippen molar-refractivity contribution in [2.24, 2.45) is 0 Å². The second-order valence-electron chi connectivity index (χ2n) is 7.72. The third-order valence-corrected chi connectivity index (χ3v) is 6.72. The summed E-state index contributed by atoms with van der Waals surface area (Å²) in [5, 5.41) is 0. The van der Waals surface area contributed by atoms with Crippen molar-refractivity contribution in [2.75, 3.05) is 10.7 Å². The minimum atomic E-state index is -3.77. The van der Waals surface area contributed by atoms with E-state index in [4.69, 9.17) is 0 Å². The number of anilines is 1. The number of hydrogen-bond acceptors (Lipinski definition) is 5. The predicted octanol–water partition coefficient (Wildman–Crippen LogP) is 4.01. The number of carbonyl (C=O) groups is 3. The third kappa shape index (κ3) is 4.56. The van der Waals surface area contributed by atoms with Crippen molar-refractivity contribution in [2.45, 2.75) is 19.8 Å². The molecule has 0 spiro atoms. The molecule has 3 amide bonds. The molecule has 0 radical (unpaired) electrons. The van der Waals surface area contributed by atoms with Crippen LogP contribution < -0.4 is 9.62 Å². The number of nitrogens with zero attached hydrogens (tertiary/aromatic N) is 1. The summed E-state index contributed by atoms with van der Waals surface area (Å²) in [5.74, 6) is -2.06. The molecule has 3 aromatic carbocycles.